The predicted molar refractivity (Wildman–Crippen MR) is 49.5 cm³/mol. The van der Waals surface area contributed by atoms with Crippen LogP contribution in [0.4, 0.5) is 5.69 Å². The maximum Gasteiger partial charge on any atom is 0.293 e. The first-order valence-electron chi connectivity index (χ1n) is 3.63. The van der Waals surface area contributed by atoms with E-state index in [1.54, 1.807) is 6.07 Å². The third kappa shape index (κ3) is 2.87. The number of rotatable bonds is 4. The summed E-state index contributed by atoms with van der Waals surface area (Å²) in [6.07, 6.45) is 0. The first-order chi connectivity index (χ1) is 6.24. The Hall–Kier alpha value is -1.36. The van der Waals surface area contributed by atoms with Crippen LogP contribution in [-0.2, 0) is 20.9 Å². The van der Waals surface area contributed by atoms with E-state index >= 15 is 0 Å². The molecule has 0 aliphatic rings. The molecule has 0 aromatic carbocycles. The Morgan fingerprint density at radius 1 is 1.77 bits per heavy atom. The maximum atomic E-state index is 10.7. The summed E-state index contributed by atoms with van der Waals surface area (Å²) in [6, 6.07) is 1.77. The van der Waals surface area contributed by atoms with Crippen molar-refractivity contribution < 1.29 is 14.3 Å². The van der Waals surface area contributed by atoms with E-state index in [1.165, 1.54) is 18.3 Å². The summed E-state index contributed by atoms with van der Waals surface area (Å²) in [5.74, 6) is -0.134. The van der Waals surface area contributed by atoms with Crippen LogP contribution < -0.4 is 5.32 Å². The van der Waals surface area contributed by atoms with Crippen molar-refractivity contribution >= 4 is 29.4 Å². The molecule has 1 amide bonds. The number of hydrogen-bond acceptors (Lipinski definition) is 4. The molecule has 0 saturated heterocycles. The summed E-state index contributed by atoms with van der Waals surface area (Å²) in [4.78, 5) is 21.5. The third-order valence-corrected chi connectivity index (χ3v) is 2.23. The van der Waals surface area contributed by atoms with Crippen molar-refractivity contribution in [2.75, 3.05) is 5.32 Å². The Morgan fingerprint density at radius 2 is 2.54 bits per heavy atom. The van der Waals surface area contributed by atoms with Gasteiger partial charge in [-0.25, -0.2) is 0 Å². The standard InChI is InChI=1S/C8H9NO3S/c1-6(11)9-7-2-3-13-8(7)4-12-5-10/h2-3,5H,4H2,1H3,(H,9,11). The molecular formula is C8H9NO3S. The van der Waals surface area contributed by atoms with E-state index in [2.05, 4.69) is 10.1 Å². The lowest BCUT2D eigenvalue weighted by Crippen LogP contribution is -2.06. The molecular weight excluding hydrogens is 190 g/mol. The van der Waals surface area contributed by atoms with Crippen LogP contribution in [0.5, 0.6) is 0 Å². The molecule has 1 aromatic heterocycles. The lowest BCUT2D eigenvalue weighted by molar-refractivity contribution is -0.129. The van der Waals surface area contributed by atoms with Crippen LogP contribution in [0.1, 0.15) is 11.8 Å². The number of anilines is 1. The van der Waals surface area contributed by atoms with Gasteiger partial charge < -0.3 is 10.1 Å². The Morgan fingerprint density at radius 3 is 3.15 bits per heavy atom. The SMILES string of the molecule is CC(=O)Nc1ccsc1COC=O. The fourth-order valence-electron chi connectivity index (χ4n) is 0.863. The van der Waals surface area contributed by atoms with E-state index in [9.17, 15) is 9.59 Å². The van der Waals surface area contributed by atoms with Crippen molar-refractivity contribution in [1.29, 1.82) is 0 Å². The van der Waals surface area contributed by atoms with Crippen molar-refractivity contribution in [3.05, 3.63) is 16.3 Å². The van der Waals surface area contributed by atoms with E-state index in [4.69, 9.17) is 0 Å². The van der Waals surface area contributed by atoms with Gasteiger partial charge in [0, 0.05) is 6.92 Å². The van der Waals surface area contributed by atoms with Gasteiger partial charge in [-0.15, -0.1) is 11.3 Å². The maximum absolute atomic E-state index is 10.7. The van der Waals surface area contributed by atoms with Crippen molar-refractivity contribution in [2.24, 2.45) is 0 Å². The normalized spacial score (nSPS) is 9.31. The molecule has 0 aliphatic carbocycles. The summed E-state index contributed by atoms with van der Waals surface area (Å²) >= 11 is 1.43. The number of ether oxygens (including phenoxy) is 1. The molecule has 0 bridgehead atoms. The molecule has 1 heterocycles. The van der Waals surface area contributed by atoms with Crippen LogP contribution in [0.15, 0.2) is 11.4 Å². The van der Waals surface area contributed by atoms with Gasteiger partial charge in [0.1, 0.15) is 6.61 Å². The average Bonchev–Trinajstić information content (AvgIpc) is 2.48. The van der Waals surface area contributed by atoms with E-state index < -0.39 is 0 Å². The second-order valence-electron chi connectivity index (χ2n) is 2.35. The van der Waals surface area contributed by atoms with Gasteiger partial charge in [0.15, 0.2) is 0 Å². The molecule has 0 aliphatic heterocycles. The minimum atomic E-state index is -0.134. The molecule has 0 unspecified atom stereocenters. The highest BCUT2D eigenvalue weighted by molar-refractivity contribution is 7.10. The van der Waals surface area contributed by atoms with Crippen molar-refractivity contribution in [3.8, 4) is 0 Å². The zero-order valence-corrected chi connectivity index (χ0v) is 7.89. The minimum absolute atomic E-state index is 0.134. The van der Waals surface area contributed by atoms with Crippen LogP contribution in [0.3, 0.4) is 0 Å². The number of amides is 1. The fourth-order valence-corrected chi connectivity index (χ4v) is 1.61. The molecule has 5 heteroatoms. The minimum Gasteiger partial charge on any atom is -0.462 e. The molecule has 0 saturated carbocycles. The first-order valence-corrected chi connectivity index (χ1v) is 4.51. The number of thiophene rings is 1. The molecule has 0 radical (unpaired) electrons. The van der Waals surface area contributed by atoms with Crippen molar-refractivity contribution in [2.45, 2.75) is 13.5 Å². The highest BCUT2D eigenvalue weighted by atomic mass is 32.1. The molecule has 0 fully saturated rings. The van der Waals surface area contributed by atoms with E-state index in [0.717, 1.165) is 4.88 Å². The summed E-state index contributed by atoms with van der Waals surface area (Å²) in [5, 5.41) is 4.47. The molecule has 1 N–H and O–H groups in total. The van der Waals surface area contributed by atoms with Crippen LogP contribution in [0, 0.1) is 0 Å². The number of carbonyl (C=O) groups is 2. The topological polar surface area (TPSA) is 55.4 Å². The van der Waals surface area contributed by atoms with Gasteiger partial charge in [0.25, 0.3) is 6.47 Å². The van der Waals surface area contributed by atoms with Gasteiger partial charge in [-0.1, -0.05) is 0 Å². The predicted octanol–water partition coefficient (Wildman–Crippen LogP) is 1.38. The quantitative estimate of drug-likeness (QED) is 0.745. The largest absolute Gasteiger partial charge is 0.462 e. The highest BCUT2D eigenvalue weighted by Gasteiger charge is 2.05. The summed E-state index contributed by atoms with van der Waals surface area (Å²) < 4.78 is 4.58. The number of carbonyl (C=O) groups excluding carboxylic acids is 2. The van der Waals surface area contributed by atoms with Gasteiger partial charge in [-0.3, -0.25) is 9.59 Å². The Labute approximate surface area is 79.5 Å². The summed E-state index contributed by atoms with van der Waals surface area (Å²) in [5.41, 5.74) is 0.708. The zero-order chi connectivity index (χ0) is 9.68. The van der Waals surface area contributed by atoms with Crippen molar-refractivity contribution in [1.82, 2.24) is 0 Å². The van der Waals surface area contributed by atoms with E-state index in [0.29, 0.717) is 12.2 Å². The molecule has 13 heavy (non-hydrogen) atoms. The third-order valence-electron chi connectivity index (χ3n) is 1.34. The van der Waals surface area contributed by atoms with E-state index in [-0.39, 0.29) is 12.5 Å². The summed E-state index contributed by atoms with van der Waals surface area (Å²) in [6.45, 7) is 2.02. The average molecular weight is 199 g/mol. The second kappa shape index (κ2) is 4.61. The Bertz CT molecular complexity index is 308. The van der Waals surface area contributed by atoms with Gasteiger partial charge in [-0.05, 0) is 11.4 Å². The number of hydrogen-bond donors (Lipinski definition) is 1. The molecule has 0 atom stereocenters. The van der Waals surface area contributed by atoms with Crippen LogP contribution in [-0.4, -0.2) is 12.4 Å². The van der Waals surface area contributed by atoms with Crippen molar-refractivity contribution in [3.63, 3.8) is 0 Å². The molecule has 1 rings (SSSR count). The van der Waals surface area contributed by atoms with Gasteiger partial charge in [0.2, 0.25) is 5.91 Å². The highest BCUT2D eigenvalue weighted by Crippen LogP contribution is 2.22. The van der Waals surface area contributed by atoms with Crippen LogP contribution in [0.25, 0.3) is 0 Å². The monoisotopic (exact) mass is 199 g/mol. The summed E-state index contributed by atoms with van der Waals surface area (Å²) in [7, 11) is 0. The Balaban J connectivity index is 2.65. The smallest absolute Gasteiger partial charge is 0.293 e. The van der Waals surface area contributed by atoms with E-state index in [1.807, 2.05) is 5.38 Å². The lowest BCUT2D eigenvalue weighted by Gasteiger charge is -2.02. The van der Waals surface area contributed by atoms with Gasteiger partial charge in [-0.2, -0.15) is 0 Å². The van der Waals surface area contributed by atoms with Gasteiger partial charge in [0.05, 0.1) is 10.6 Å². The van der Waals surface area contributed by atoms with Crippen LogP contribution in [0.2, 0.25) is 0 Å². The fraction of sp³-hybridized carbons (Fsp3) is 0.250. The lowest BCUT2D eigenvalue weighted by atomic mass is 10.4. The van der Waals surface area contributed by atoms with Crippen LogP contribution >= 0.6 is 11.3 Å². The number of nitrogens with one attached hydrogen (secondary N) is 1. The first kappa shape index (κ1) is 9.73. The van der Waals surface area contributed by atoms with Gasteiger partial charge >= 0.3 is 0 Å². The molecule has 1 aromatic rings. The Kier molecular flexibility index (Phi) is 3.45. The molecule has 70 valence electrons. The zero-order valence-electron chi connectivity index (χ0n) is 7.07. The second-order valence-corrected chi connectivity index (χ2v) is 3.35. The molecule has 0 spiro atoms. The molecule has 4 nitrogen and oxygen atoms in total.